The van der Waals surface area contributed by atoms with Crippen LogP contribution in [0.4, 0.5) is 0 Å². The topological polar surface area (TPSA) is 75.0 Å². The van der Waals surface area contributed by atoms with Crippen molar-refractivity contribution in [2.24, 2.45) is 0 Å². The van der Waals surface area contributed by atoms with Crippen molar-refractivity contribution < 1.29 is 23.4 Å². The zero-order valence-corrected chi connectivity index (χ0v) is 19.1. The molecule has 1 atom stereocenters. The molecule has 1 unspecified atom stereocenters. The summed E-state index contributed by atoms with van der Waals surface area (Å²) in [6, 6.07) is 16.4. The summed E-state index contributed by atoms with van der Waals surface area (Å²) >= 11 is 12.0. The van der Waals surface area contributed by atoms with Crippen LogP contribution in [0.1, 0.15) is 6.92 Å². The van der Waals surface area contributed by atoms with Crippen molar-refractivity contribution in [3.8, 4) is 28.4 Å². The first-order valence-electron chi connectivity index (χ1n) is 9.89. The van der Waals surface area contributed by atoms with Gasteiger partial charge in [-0.3, -0.25) is 4.79 Å². The average Bonchev–Trinajstić information content (AvgIpc) is 2.81. The van der Waals surface area contributed by atoms with Gasteiger partial charge in [0.25, 0.3) is 0 Å². The summed E-state index contributed by atoms with van der Waals surface area (Å²) in [6.07, 6.45) is 0.418. The molecule has 1 heterocycles. The fourth-order valence-corrected chi connectivity index (χ4v) is 3.69. The fourth-order valence-electron chi connectivity index (χ4n) is 3.23. The van der Waals surface area contributed by atoms with Crippen molar-refractivity contribution >= 4 is 40.1 Å². The second-order valence-corrected chi connectivity index (χ2v) is 7.94. The lowest BCUT2D eigenvalue weighted by atomic mass is 10.0. The summed E-state index contributed by atoms with van der Waals surface area (Å²) in [5, 5.41) is 1.07. The Hall–Kier alpha value is -3.48. The van der Waals surface area contributed by atoms with Gasteiger partial charge in [0.05, 0.1) is 23.1 Å². The third kappa shape index (κ3) is 4.82. The fraction of sp³-hybridized carbons (Fsp3) is 0.120. The molecule has 4 rings (SSSR count). The van der Waals surface area contributed by atoms with Crippen molar-refractivity contribution in [2.45, 2.75) is 13.0 Å². The smallest absolute Gasteiger partial charge is 0.352 e. The maximum Gasteiger partial charge on any atom is 0.352 e. The molecule has 0 radical (unpaired) electrons. The Kier molecular flexibility index (Phi) is 6.58. The third-order valence-electron chi connectivity index (χ3n) is 4.89. The summed E-state index contributed by atoms with van der Waals surface area (Å²) in [4.78, 5) is 25.5. The number of benzene rings is 3. The van der Waals surface area contributed by atoms with Gasteiger partial charge in [0.15, 0.2) is 6.10 Å². The molecule has 0 spiro atoms. The van der Waals surface area contributed by atoms with Crippen LogP contribution in [0.25, 0.3) is 22.1 Å². The quantitative estimate of drug-likeness (QED) is 0.241. The number of para-hydroxylation sites is 1. The van der Waals surface area contributed by atoms with Crippen LogP contribution in [0.3, 0.4) is 0 Å². The highest BCUT2D eigenvalue weighted by Gasteiger charge is 2.20. The second kappa shape index (κ2) is 9.57. The summed E-state index contributed by atoms with van der Waals surface area (Å²) in [5.74, 6) is 0.426. The van der Waals surface area contributed by atoms with Gasteiger partial charge in [0.2, 0.25) is 5.43 Å². The highest BCUT2D eigenvalue weighted by molar-refractivity contribution is 6.35. The van der Waals surface area contributed by atoms with E-state index in [2.05, 4.69) is 0 Å². The summed E-state index contributed by atoms with van der Waals surface area (Å²) in [6.45, 7) is 1.54. The van der Waals surface area contributed by atoms with E-state index >= 15 is 0 Å². The molecule has 0 aliphatic heterocycles. The van der Waals surface area contributed by atoms with Crippen molar-refractivity contribution in [1.29, 1.82) is 0 Å². The van der Waals surface area contributed by atoms with Crippen molar-refractivity contribution in [2.75, 3.05) is 7.11 Å². The van der Waals surface area contributed by atoms with Gasteiger partial charge in [-0.25, -0.2) is 4.79 Å². The highest BCUT2D eigenvalue weighted by atomic mass is 35.5. The van der Waals surface area contributed by atoms with Crippen LogP contribution in [-0.4, -0.2) is 19.2 Å². The van der Waals surface area contributed by atoms with Crippen LogP contribution < -0.4 is 19.6 Å². The maximum absolute atomic E-state index is 13.0. The normalized spacial score (nSPS) is 11.8. The number of methoxy groups -OCH3 is 1. The number of carbonyl (C=O) groups is 1. The highest BCUT2D eigenvalue weighted by Crippen LogP contribution is 2.30. The van der Waals surface area contributed by atoms with Gasteiger partial charge in [-0.2, -0.15) is 0 Å². The van der Waals surface area contributed by atoms with E-state index in [1.54, 1.807) is 30.3 Å². The minimum atomic E-state index is -0.945. The number of hydrogen-bond donors (Lipinski definition) is 0. The third-order valence-corrected chi connectivity index (χ3v) is 5.42. The number of esters is 1. The molecule has 0 saturated carbocycles. The lowest BCUT2D eigenvalue weighted by Gasteiger charge is -2.15. The molecule has 6 nitrogen and oxygen atoms in total. The van der Waals surface area contributed by atoms with Crippen molar-refractivity contribution in [3.05, 3.63) is 87.2 Å². The molecular weight excluding hydrogens is 467 g/mol. The van der Waals surface area contributed by atoms with E-state index in [-0.39, 0.29) is 21.8 Å². The molecule has 1 aromatic heterocycles. The molecule has 4 aromatic rings. The first-order valence-corrected chi connectivity index (χ1v) is 10.7. The first kappa shape index (κ1) is 22.7. The SMILES string of the molecule is COc1ccccc1-c1coc2cc(OC(=O)C(C)Oc3ccc(Cl)cc3Cl)ccc2c1=O. The number of fused-ring (bicyclic) bond motifs is 1. The van der Waals surface area contributed by atoms with Gasteiger partial charge >= 0.3 is 5.97 Å². The van der Waals surface area contributed by atoms with Crippen LogP contribution in [0.5, 0.6) is 17.2 Å². The van der Waals surface area contributed by atoms with E-state index in [9.17, 15) is 9.59 Å². The first-order chi connectivity index (χ1) is 15.9. The van der Waals surface area contributed by atoms with Crippen LogP contribution in [0.15, 0.2) is 76.1 Å². The number of rotatable bonds is 6. The van der Waals surface area contributed by atoms with E-state index in [0.29, 0.717) is 33.0 Å². The van der Waals surface area contributed by atoms with Gasteiger partial charge in [-0.1, -0.05) is 41.4 Å². The molecule has 0 aliphatic rings. The second-order valence-electron chi connectivity index (χ2n) is 7.09. The van der Waals surface area contributed by atoms with E-state index < -0.39 is 12.1 Å². The van der Waals surface area contributed by atoms with E-state index in [1.807, 2.05) is 12.1 Å². The largest absolute Gasteiger partial charge is 0.496 e. The number of halogens is 2. The predicted octanol–water partition coefficient (Wildman–Crippen LogP) is 6.15. The molecule has 0 amide bonds. The molecule has 33 heavy (non-hydrogen) atoms. The van der Waals surface area contributed by atoms with Gasteiger partial charge < -0.3 is 18.6 Å². The number of carbonyl (C=O) groups excluding carboxylic acids is 1. The summed E-state index contributed by atoms with van der Waals surface area (Å²) < 4.78 is 22.0. The van der Waals surface area contributed by atoms with Crippen LogP contribution >= 0.6 is 23.2 Å². The van der Waals surface area contributed by atoms with E-state index in [1.165, 1.54) is 38.5 Å². The van der Waals surface area contributed by atoms with Gasteiger partial charge in [-0.15, -0.1) is 0 Å². The van der Waals surface area contributed by atoms with Crippen LogP contribution in [-0.2, 0) is 4.79 Å². The average molecular weight is 485 g/mol. The molecule has 0 fully saturated rings. The minimum absolute atomic E-state index is 0.207. The number of hydrogen-bond acceptors (Lipinski definition) is 6. The lowest BCUT2D eigenvalue weighted by Crippen LogP contribution is -2.28. The summed E-state index contributed by atoms with van der Waals surface area (Å²) in [7, 11) is 1.54. The van der Waals surface area contributed by atoms with E-state index in [4.69, 9.17) is 41.8 Å². The Morgan fingerprint density at radius 3 is 2.52 bits per heavy atom. The van der Waals surface area contributed by atoms with Crippen LogP contribution in [0, 0.1) is 0 Å². The minimum Gasteiger partial charge on any atom is -0.496 e. The molecule has 0 aliphatic carbocycles. The zero-order chi connectivity index (χ0) is 23.5. The monoisotopic (exact) mass is 484 g/mol. The molecule has 3 aromatic carbocycles. The maximum atomic E-state index is 13.0. The Labute approximate surface area is 199 Å². The van der Waals surface area contributed by atoms with E-state index in [0.717, 1.165) is 0 Å². The predicted molar refractivity (Wildman–Crippen MR) is 127 cm³/mol. The Morgan fingerprint density at radius 2 is 1.76 bits per heavy atom. The van der Waals surface area contributed by atoms with Crippen molar-refractivity contribution in [3.63, 3.8) is 0 Å². The molecule has 0 N–H and O–H groups in total. The molecule has 168 valence electrons. The van der Waals surface area contributed by atoms with Gasteiger partial charge in [0.1, 0.15) is 29.1 Å². The molecule has 0 saturated heterocycles. The molecule has 8 heteroatoms. The lowest BCUT2D eigenvalue weighted by molar-refractivity contribution is -0.141. The Morgan fingerprint density at radius 1 is 0.970 bits per heavy atom. The van der Waals surface area contributed by atoms with Gasteiger partial charge in [-0.05, 0) is 43.3 Å². The molecular formula is C25H18Cl2O6. The van der Waals surface area contributed by atoms with Gasteiger partial charge in [0, 0.05) is 16.7 Å². The Balaban J connectivity index is 1.56. The van der Waals surface area contributed by atoms with Crippen LogP contribution in [0.2, 0.25) is 10.0 Å². The zero-order valence-electron chi connectivity index (χ0n) is 17.6. The summed E-state index contributed by atoms with van der Waals surface area (Å²) in [5.41, 5.74) is 1.04. The standard InChI is InChI=1S/C25H18Cl2O6/c1-14(32-22-10-7-15(26)11-20(22)27)25(29)33-16-8-9-18-23(12-16)31-13-19(24(18)28)17-5-3-4-6-21(17)30-2/h3-14H,1-2H3. The molecule has 0 bridgehead atoms. The van der Waals surface area contributed by atoms with Crippen molar-refractivity contribution in [1.82, 2.24) is 0 Å². The Bertz CT molecular complexity index is 1400. The number of ether oxygens (including phenoxy) is 3.